The highest BCUT2D eigenvalue weighted by atomic mass is 35.5. The van der Waals surface area contributed by atoms with Gasteiger partial charge in [-0.3, -0.25) is 4.79 Å². The van der Waals surface area contributed by atoms with Crippen LogP contribution in [0.1, 0.15) is 6.42 Å². The molecule has 1 fully saturated rings. The van der Waals surface area contributed by atoms with E-state index >= 15 is 0 Å². The van der Waals surface area contributed by atoms with E-state index in [4.69, 9.17) is 16.9 Å². The molecule has 1 amide bonds. The molecule has 4 heteroatoms. The maximum atomic E-state index is 11.6. The first-order chi connectivity index (χ1) is 7.20. The third kappa shape index (κ3) is 1.95. The first-order valence-electron chi connectivity index (χ1n) is 4.66. The lowest BCUT2D eigenvalue weighted by Gasteiger charge is -2.15. The fourth-order valence-electron chi connectivity index (χ4n) is 1.66. The largest absolute Gasteiger partial charge is 0.311 e. The summed E-state index contributed by atoms with van der Waals surface area (Å²) in [4.78, 5) is 13.2. The Morgan fingerprint density at radius 1 is 1.40 bits per heavy atom. The number of anilines is 1. The molecule has 0 bridgehead atoms. The van der Waals surface area contributed by atoms with Gasteiger partial charge >= 0.3 is 0 Å². The number of hydrogen-bond donors (Lipinski definition) is 0. The number of carbonyl (C=O) groups is 1. The van der Waals surface area contributed by atoms with Crippen LogP contribution in [0.5, 0.6) is 0 Å². The van der Waals surface area contributed by atoms with Crippen molar-refractivity contribution >= 4 is 23.2 Å². The number of amides is 1. The van der Waals surface area contributed by atoms with Gasteiger partial charge in [0.15, 0.2) is 0 Å². The van der Waals surface area contributed by atoms with Crippen LogP contribution in [-0.2, 0) is 4.79 Å². The van der Waals surface area contributed by atoms with Crippen molar-refractivity contribution in [2.75, 3.05) is 11.4 Å². The Balaban J connectivity index is 2.22. The molecular weight excluding hydrogens is 212 g/mol. The quantitative estimate of drug-likeness (QED) is 0.729. The molecule has 1 aliphatic heterocycles. The van der Waals surface area contributed by atoms with Crippen LogP contribution in [0.2, 0.25) is 5.02 Å². The zero-order valence-corrected chi connectivity index (χ0v) is 8.74. The number of benzene rings is 1. The van der Waals surface area contributed by atoms with E-state index in [9.17, 15) is 4.79 Å². The summed E-state index contributed by atoms with van der Waals surface area (Å²) in [6.45, 7) is 0.483. The molecule has 0 radical (unpaired) electrons. The van der Waals surface area contributed by atoms with E-state index in [0.717, 1.165) is 5.69 Å². The van der Waals surface area contributed by atoms with Crippen molar-refractivity contribution in [3.05, 3.63) is 29.3 Å². The van der Waals surface area contributed by atoms with Gasteiger partial charge in [0.25, 0.3) is 0 Å². The topological polar surface area (TPSA) is 44.1 Å². The Bertz CT molecular complexity index is 421. The smallest absolute Gasteiger partial charge is 0.228 e. The molecule has 0 saturated carbocycles. The summed E-state index contributed by atoms with van der Waals surface area (Å²) >= 11 is 5.75. The average Bonchev–Trinajstić information content (AvgIpc) is 2.61. The fourth-order valence-corrected chi connectivity index (χ4v) is 1.79. The number of carbonyl (C=O) groups excluding carboxylic acids is 1. The number of rotatable bonds is 1. The summed E-state index contributed by atoms with van der Waals surface area (Å²) < 4.78 is 0. The third-order valence-electron chi connectivity index (χ3n) is 2.45. The number of halogens is 1. The van der Waals surface area contributed by atoms with Gasteiger partial charge in [-0.25, -0.2) is 0 Å². The van der Waals surface area contributed by atoms with Crippen molar-refractivity contribution in [2.24, 2.45) is 5.92 Å². The fraction of sp³-hybridized carbons (Fsp3) is 0.273. The highest BCUT2D eigenvalue weighted by Gasteiger charge is 2.30. The van der Waals surface area contributed by atoms with E-state index in [1.165, 1.54) is 0 Å². The van der Waals surface area contributed by atoms with Crippen molar-refractivity contribution < 1.29 is 4.79 Å². The van der Waals surface area contributed by atoms with E-state index in [1.807, 2.05) is 0 Å². The van der Waals surface area contributed by atoms with Crippen LogP contribution in [0.4, 0.5) is 5.69 Å². The Hall–Kier alpha value is -1.53. The summed E-state index contributed by atoms with van der Waals surface area (Å²) in [5.41, 5.74) is 0.808. The summed E-state index contributed by atoms with van der Waals surface area (Å²) in [6, 6.07) is 9.18. The molecule has 1 atom stereocenters. The van der Waals surface area contributed by atoms with Gasteiger partial charge < -0.3 is 4.90 Å². The Morgan fingerprint density at radius 2 is 2.07 bits per heavy atom. The molecule has 0 aliphatic carbocycles. The number of hydrogen-bond acceptors (Lipinski definition) is 2. The van der Waals surface area contributed by atoms with Gasteiger partial charge in [-0.05, 0) is 24.3 Å². The van der Waals surface area contributed by atoms with Gasteiger partial charge in [0, 0.05) is 23.7 Å². The van der Waals surface area contributed by atoms with Crippen LogP contribution in [-0.4, -0.2) is 12.5 Å². The molecule has 76 valence electrons. The van der Waals surface area contributed by atoms with Crippen molar-refractivity contribution in [3.63, 3.8) is 0 Å². The predicted molar refractivity (Wildman–Crippen MR) is 57.5 cm³/mol. The van der Waals surface area contributed by atoms with Gasteiger partial charge in [0.1, 0.15) is 0 Å². The molecule has 1 aromatic rings. The van der Waals surface area contributed by atoms with Crippen LogP contribution in [0.25, 0.3) is 0 Å². The summed E-state index contributed by atoms with van der Waals surface area (Å²) in [5.74, 6) is -0.183. The lowest BCUT2D eigenvalue weighted by Crippen LogP contribution is -2.24. The SMILES string of the molecule is N#C[C@@H]1CC(=O)N(c2ccc(Cl)cc2)C1. The highest BCUT2D eigenvalue weighted by molar-refractivity contribution is 6.30. The lowest BCUT2D eigenvalue weighted by molar-refractivity contribution is -0.117. The lowest BCUT2D eigenvalue weighted by atomic mass is 10.1. The van der Waals surface area contributed by atoms with Crippen LogP contribution in [0, 0.1) is 17.2 Å². The Kier molecular flexibility index (Phi) is 2.61. The van der Waals surface area contributed by atoms with Crippen LogP contribution >= 0.6 is 11.6 Å². The van der Waals surface area contributed by atoms with Crippen LogP contribution < -0.4 is 4.90 Å². The molecule has 3 nitrogen and oxygen atoms in total. The minimum atomic E-state index is -0.187. The third-order valence-corrected chi connectivity index (χ3v) is 2.70. The zero-order chi connectivity index (χ0) is 10.8. The Labute approximate surface area is 92.9 Å². The molecule has 0 spiro atoms. The minimum Gasteiger partial charge on any atom is -0.311 e. The highest BCUT2D eigenvalue weighted by Crippen LogP contribution is 2.25. The number of nitrogens with zero attached hydrogens (tertiary/aromatic N) is 2. The second kappa shape index (κ2) is 3.92. The molecule has 15 heavy (non-hydrogen) atoms. The first kappa shape index (κ1) is 10.0. The molecule has 0 unspecified atom stereocenters. The van der Waals surface area contributed by atoms with E-state index in [2.05, 4.69) is 6.07 Å². The second-order valence-corrected chi connectivity index (χ2v) is 3.95. The first-order valence-corrected chi connectivity index (χ1v) is 5.04. The van der Waals surface area contributed by atoms with Crippen molar-refractivity contribution in [3.8, 4) is 6.07 Å². The predicted octanol–water partition coefficient (Wildman–Crippen LogP) is 2.22. The van der Waals surface area contributed by atoms with Crippen molar-refractivity contribution in [1.29, 1.82) is 5.26 Å². The molecule has 1 aliphatic rings. The molecule has 0 N–H and O–H groups in total. The minimum absolute atomic E-state index is 0.00359. The Morgan fingerprint density at radius 3 is 2.60 bits per heavy atom. The van der Waals surface area contributed by atoms with E-state index < -0.39 is 0 Å². The van der Waals surface area contributed by atoms with E-state index in [0.29, 0.717) is 18.0 Å². The molecule has 1 heterocycles. The molecule has 0 aromatic heterocycles. The second-order valence-electron chi connectivity index (χ2n) is 3.51. The molecule has 1 saturated heterocycles. The normalized spacial score (nSPS) is 20.4. The number of nitriles is 1. The molecule has 1 aromatic carbocycles. The van der Waals surface area contributed by atoms with Crippen LogP contribution in [0.3, 0.4) is 0 Å². The summed E-state index contributed by atoms with van der Waals surface area (Å²) in [5, 5.41) is 9.38. The maximum Gasteiger partial charge on any atom is 0.228 e. The zero-order valence-electron chi connectivity index (χ0n) is 7.98. The molecule has 2 rings (SSSR count). The van der Waals surface area contributed by atoms with Crippen molar-refractivity contribution in [2.45, 2.75) is 6.42 Å². The van der Waals surface area contributed by atoms with Gasteiger partial charge in [-0.15, -0.1) is 0 Å². The van der Waals surface area contributed by atoms with Gasteiger partial charge in [0.2, 0.25) is 5.91 Å². The van der Waals surface area contributed by atoms with Crippen LogP contribution in [0.15, 0.2) is 24.3 Å². The van der Waals surface area contributed by atoms with Gasteiger partial charge in [-0.2, -0.15) is 5.26 Å². The standard InChI is InChI=1S/C11H9ClN2O/c12-9-1-3-10(4-2-9)14-7-8(6-13)5-11(14)15/h1-4,8H,5,7H2/t8-/m0/s1. The maximum absolute atomic E-state index is 11.6. The summed E-state index contributed by atoms with van der Waals surface area (Å²) in [6.07, 6.45) is 0.319. The molecular formula is C11H9ClN2O. The monoisotopic (exact) mass is 220 g/mol. The van der Waals surface area contributed by atoms with Gasteiger partial charge in [-0.1, -0.05) is 11.6 Å². The van der Waals surface area contributed by atoms with E-state index in [1.54, 1.807) is 29.2 Å². The van der Waals surface area contributed by atoms with E-state index in [-0.39, 0.29) is 11.8 Å². The van der Waals surface area contributed by atoms with Crippen molar-refractivity contribution in [1.82, 2.24) is 0 Å². The van der Waals surface area contributed by atoms with Gasteiger partial charge in [0.05, 0.1) is 12.0 Å². The average molecular weight is 221 g/mol. The summed E-state index contributed by atoms with van der Waals surface area (Å²) in [7, 11) is 0.